The van der Waals surface area contributed by atoms with E-state index < -0.39 is 0 Å². The molecule has 90 valence electrons. The van der Waals surface area contributed by atoms with Crippen molar-refractivity contribution in [3.8, 4) is 0 Å². The molecule has 0 unspecified atom stereocenters. The van der Waals surface area contributed by atoms with E-state index in [1.54, 1.807) is 6.20 Å². The van der Waals surface area contributed by atoms with Gasteiger partial charge in [0.25, 0.3) is 0 Å². The molecule has 17 heavy (non-hydrogen) atoms. The van der Waals surface area contributed by atoms with Crippen LogP contribution in [0.4, 0.5) is 5.69 Å². The van der Waals surface area contributed by atoms with Crippen molar-refractivity contribution in [2.24, 2.45) is 0 Å². The van der Waals surface area contributed by atoms with Crippen molar-refractivity contribution < 1.29 is 4.52 Å². The summed E-state index contributed by atoms with van der Waals surface area (Å²) in [7, 11) is 0. The summed E-state index contributed by atoms with van der Waals surface area (Å²) in [5.74, 6) is 0.826. The molecule has 0 spiro atoms. The minimum atomic E-state index is 0.474. The molecule has 0 aliphatic heterocycles. The Bertz CT molecular complexity index is 517. The first-order valence-electron chi connectivity index (χ1n) is 5.35. The largest absolute Gasteiger partial charge is 0.378 e. The lowest BCUT2D eigenvalue weighted by Gasteiger charge is -2.08. The Morgan fingerprint density at radius 1 is 1.35 bits per heavy atom. The van der Waals surface area contributed by atoms with Gasteiger partial charge >= 0.3 is 0 Å². The van der Waals surface area contributed by atoms with Gasteiger partial charge in [0.2, 0.25) is 0 Å². The Kier molecular flexibility index (Phi) is 3.33. The molecule has 0 amide bonds. The first-order chi connectivity index (χ1) is 8.08. The Morgan fingerprint density at radius 2 is 2.12 bits per heavy atom. The number of rotatable bonds is 3. The van der Waals surface area contributed by atoms with Crippen LogP contribution in [0.25, 0.3) is 0 Å². The van der Waals surface area contributed by atoms with Gasteiger partial charge in [0.15, 0.2) is 5.15 Å². The van der Waals surface area contributed by atoms with Crippen LogP contribution in [0.3, 0.4) is 0 Å². The maximum absolute atomic E-state index is 6.00. The number of hydrogen-bond acceptors (Lipinski definition) is 4. The second kappa shape index (κ2) is 4.75. The number of pyridine rings is 1. The van der Waals surface area contributed by atoms with E-state index in [4.69, 9.17) is 16.1 Å². The van der Waals surface area contributed by atoms with E-state index in [0.29, 0.717) is 11.7 Å². The fraction of sp³-hybridized carbons (Fsp3) is 0.333. The van der Waals surface area contributed by atoms with Gasteiger partial charge in [-0.3, -0.25) is 0 Å². The smallest absolute Gasteiger partial charge is 0.152 e. The van der Waals surface area contributed by atoms with Crippen LogP contribution < -0.4 is 5.32 Å². The van der Waals surface area contributed by atoms with E-state index in [0.717, 1.165) is 28.3 Å². The minimum Gasteiger partial charge on any atom is -0.378 e. The van der Waals surface area contributed by atoms with Gasteiger partial charge in [0, 0.05) is 18.3 Å². The van der Waals surface area contributed by atoms with Crippen LogP contribution in [0.5, 0.6) is 0 Å². The molecule has 2 rings (SSSR count). The fourth-order valence-corrected chi connectivity index (χ4v) is 1.78. The zero-order chi connectivity index (χ0) is 12.4. The third-order valence-corrected chi connectivity index (χ3v) is 2.91. The number of hydrogen-bond donors (Lipinski definition) is 1. The zero-order valence-electron chi connectivity index (χ0n) is 10.0. The van der Waals surface area contributed by atoms with Crippen molar-refractivity contribution in [1.82, 2.24) is 10.1 Å². The van der Waals surface area contributed by atoms with Crippen molar-refractivity contribution in [1.29, 1.82) is 0 Å². The third-order valence-electron chi connectivity index (χ3n) is 2.61. The van der Waals surface area contributed by atoms with Gasteiger partial charge in [0.05, 0.1) is 11.4 Å². The molecule has 0 fully saturated rings. The summed E-state index contributed by atoms with van der Waals surface area (Å²) in [6.45, 7) is 6.42. The van der Waals surface area contributed by atoms with Gasteiger partial charge in [-0.2, -0.15) is 0 Å². The predicted molar refractivity (Wildman–Crippen MR) is 67.3 cm³/mol. The monoisotopic (exact) mass is 251 g/mol. The van der Waals surface area contributed by atoms with Gasteiger partial charge in [-0.25, -0.2) is 4.98 Å². The van der Waals surface area contributed by atoms with Crippen LogP contribution in [0.2, 0.25) is 5.15 Å². The molecule has 0 saturated heterocycles. The van der Waals surface area contributed by atoms with Crippen molar-refractivity contribution in [2.45, 2.75) is 27.3 Å². The second-order valence-electron chi connectivity index (χ2n) is 4.01. The van der Waals surface area contributed by atoms with E-state index >= 15 is 0 Å². The fourth-order valence-electron chi connectivity index (χ4n) is 1.61. The lowest BCUT2D eigenvalue weighted by molar-refractivity contribution is 0.392. The summed E-state index contributed by atoms with van der Waals surface area (Å²) in [4.78, 5) is 4.09. The Morgan fingerprint density at radius 3 is 2.76 bits per heavy atom. The van der Waals surface area contributed by atoms with E-state index in [9.17, 15) is 0 Å². The zero-order valence-corrected chi connectivity index (χ0v) is 10.8. The molecule has 5 heteroatoms. The van der Waals surface area contributed by atoms with Gasteiger partial charge in [-0.05, 0) is 32.4 Å². The molecule has 0 aliphatic carbocycles. The molecule has 2 heterocycles. The van der Waals surface area contributed by atoms with Crippen LogP contribution in [-0.4, -0.2) is 10.1 Å². The van der Waals surface area contributed by atoms with Crippen LogP contribution in [0, 0.1) is 20.8 Å². The molecule has 0 atom stereocenters. The molecule has 0 bridgehead atoms. The van der Waals surface area contributed by atoms with Gasteiger partial charge in [-0.15, -0.1) is 0 Å². The van der Waals surface area contributed by atoms with Crippen LogP contribution in [0.15, 0.2) is 16.8 Å². The highest BCUT2D eigenvalue weighted by Gasteiger charge is 2.09. The number of halogens is 1. The van der Waals surface area contributed by atoms with Crippen molar-refractivity contribution >= 4 is 17.3 Å². The lowest BCUT2D eigenvalue weighted by Crippen LogP contribution is -2.02. The molecule has 0 aliphatic rings. The quantitative estimate of drug-likeness (QED) is 0.851. The van der Waals surface area contributed by atoms with Crippen LogP contribution in [0.1, 0.15) is 22.6 Å². The van der Waals surface area contributed by atoms with Gasteiger partial charge in [-0.1, -0.05) is 16.8 Å². The number of aromatic nitrogens is 2. The van der Waals surface area contributed by atoms with Crippen molar-refractivity contribution in [3.05, 3.63) is 40.0 Å². The Balaban J connectivity index is 2.15. The molecular formula is C12H14ClN3O. The molecule has 0 radical (unpaired) electrons. The van der Waals surface area contributed by atoms with E-state index in [2.05, 4.69) is 15.5 Å². The molecule has 4 nitrogen and oxygen atoms in total. The molecular weight excluding hydrogens is 238 g/mol. The summed E-state index contributed by atoms with van der Waals surface area (Å²) in [5.41, 5.74) is 3.84. The van der Waals surface area contributed by atoms with Gasteiger partial charge < -0.3 is 9.84 Å². The number of nitrogens with one attached hydrogen (secondary N) is 1. The summed E-state index contributed by atoms with van der Waals surface area (Å²) < 4.78 is 5.10. The standard InChI is InChI=1S/C12H14ClN3O/c1-7-4-11(12(13)15-5-7)14-6-10-8(2)16-17-9(10)3/h4-5,14H,6H2,1-3H3. The first kappa shape index (κ1) is 11.9. The molecule has 2 aromatic rings. The average Bonchev–Trinajstić information content (AvgIpc) is 2.61. The molecule has 0 saturated carbocycles. The van der Waals surface area contributed by atoms with E-state index in [1.165, 1.54) is 0 Å². The average molecular weight is 252 g/mol. The lowest BCUT2D eigenvalue weighted by atomic mass is 10.2. The van der Waals surface area contributed by atoms with Gasteiger partial charge in [0.1, 0.15) is 5.76 Å². The maximum Gasteiger partial charge on any atom is 0.152 e. The highest BCUT2D eigenvalue weighted by molar-refractivity contribution is 6.31. The highest BCUT2D eigenvalue weighted by atomic mass is 35.5. The second-order valence-corrected chi connectivity index (χ2v) is 4.37. The summed E-state index contributed by atoms with van der Waals surface area (Å²) in [5, 5.41) is 7.62. The Hall–Kier alpha value is -1.55. The number of aryl methyl sites for hydroxylation is 3. The van der Waals surface area contributed by atoms with E-state index in [1.807, 2.05) is 26.8 Å². The maximum atomic E-state index is 6.00. The predicted octanol–water partition coefficient (Wildman–Crippen LogP) is 3.26. The van der Waals surface area contributed by atoms with Crippen molar-refractivity contribution in [2.75, 3.05) is 5.32 Å². The van der Waals surface area contributed by atoms with Crippen molar-refractivity contribution in [3.63, 3.8) is 0 Å². The molecule has 2 aromatic heterocycles. The first-order valence-corrected chi connectivity index (χ1v) is 5.73. The molecule has 1 N–H and O–H groups in total. The summed E-state index contributed by atoms with van der Waals surface area (Å²) >= 11 is 6.00. The van der Waals surface area contributed by atoms with Crippen LogP contribution in [-0.2, 0) is 6.54 Å². The highest BCUT2D eigenvalue weighted by Crippen LogP contribution is 2.21. The van der Waals surface area contributed by atoms with E-state index in [-0.39, 0.29) is 0 Å². The third kappa shape index (κ3) is 2.58. The summed E-state index contributed by atoms with van der Waals surface area (Å²) in [6, 6.07) is 1.97. The normalized spacial score (nSPS) is 10.6. The Labute approximate surface area is 105 Å². The SMILES string of the molecule is Cc1cnc(Cl)c(NCc2c(C)noc2C)c1. The number of nitrogens with zero attached hydrogens (tertiary/aromatic N) is 2. The minimum absolute atomic E-state index is 0.474. The number of anilines is 1. The van der Waals surface area contributed by atoms with Crippen LogP contribution >= 0.6 is 11.6 Å². The molecule has 0 aromatic carbocycles. The topological polar surface area (TPSA) is 51.0 Å². The summed E-state index contributed by atoms with van der Waals surface area (Å²) in [6.07, 6.45) is 1.74.